The van der Waals surface area contributed by atoms with Crippen LogP contribution < -0.4 is 5.32 Å². The summed E-state index contributed by atoms with van der Waals surface area (Å²) in [5, 5.41) is 10.4. The first-order valence-corrected chi connectivity index (χ1v) is 5.61. The largest absolute Gasteiger partial charge is 0.435 e. The molecule has 0 unspecified atom stereocenters. The van der Waals surface area contributed by atoms with Crippen molar-refractivity contribution in [3.63, 3.8) is 0 Å². The van der Waals surface area contributed by atoms with Crippen molar-refractivity contribution in [1.82, 2.24) is 19.6 Å². The Morgan fingerprint density at radius 1 is 1.32 bits per heavy atom. The molecule has 2 heterocycles. The van der Waals surface area contributed by atoms with Crippen LogP contribution in [0.3, 0.4) is 0 Å². The Hall–Kier alpha value is -1.99. The summed E-state index contributed by atoms with van der Waals surface area (Å²) in [4.78, 5) is 0. The molecule has 5 nitrogen and oxygen atoms in total. The third kappa shape index (κ3) is 2.72. The van der Waals surface area contributed by atoms with Crippen molar-refractivity contribution >= 4 is 5.82 Å². The van der Waals surface area contributed by atoms with E-state index >= 15 is 0 Å². The van der Waals surface area contributed by atoms with Gasteiger partial charge in [0.1, 0.15) is 5.82 Å². The average molecular weight is 273 g/mol. The zero-order valence-corrected chi connectivity index (χ0v) is 10.8. The summed E-state index contributed by atoms with van der Waals surface area (Å²) < 4.78 is 41.0. The minimum absolute atomic E-state index is 0.0447. The summed E-state index contributed by atoms with van der Waals surface area (Å²) in [6.45, 7) is 1.88. The highest BCUT2D eigenvalue weighted by molar-refractivity contribution is 5.43. The van der Waals surface area contributed by atoms with E-state index in [1.165, 1.54) is 13.2 Å². The van der Waals surface area contributed by atoms with Crippen LogP contribution in [0.2, 0.25) is 0 Å². The Labute approximate surface area is 108 Å². The molecule has 0 aromatic carbocycles. The van der Waals surface area contributed by atoms with Gasteiger partial charge in [0.25, 0.3) is 0 Å². The van der Waals surface area contributed by atoms with E-state index in [1.807, 2.05) is 6.92 Å². The molecular formula is C11H14F3N5. The molecule has 0 saturated carbocycles. The van der Waals surface area contributed by atoms with Gasteiger partial charge in [-0.2, -0.15) is 23.4 Å². The number of rotatable bonds is 3. The number of nitrogens with zero attached hydrogens (tertiary/aromatic N) is 4. The van der Waals surface area contributed by atoms with E-state index < -0.39 is 11.9 Å². The fourth-order valence-electron chi connectivity index (χ4n) is 1.89. The predicted octanol–water partition coefficient (Wildman–Crippen LogP) is 2.09. The Morgan fingerprint density at radius 3 is 2.53 bits per heavy atom. The molecule has 104 valence electrons. The van der Waals surface area contributed by atoms with Gasteiger partial charge in [0, 0.05) is 38.0 Å². The van der Waals surface area contributed by atoms with Gasteiger partial charge in [-0.3, -0.25) is 9.36 Å². The maximum atomic E-state index is 12.8. The third-order valence-electron chi connectivity index (χ3n) is 2.74. The second-order valence-electron chi connectivity index (χ2n) is 4.33. The van der Waals surface area contributed by atoms with Gasteiger partial charge in [-0.15, -0.1) is 0 Å². The minimum Gasteiger partial charge on any atom is -0.366 e. The Balaban J connectivity index is 2.21. The molecule has 2 aromatic heterocycles. The van der Waals surface area contributed by atoms with Crippen LogP contribution in [0.4, 0.5) is 19.0 Å². The number of hydrogen-bond acceptors (Lipinski definition) is 3. The molecular weight excluding hydrogens is 259 g/mol. The molecule has 0 spiro atoms. The fourth-order valence-corrected chi connectivity index (χ4v) is 1.89. The highest BCUT2D eigenvalue weighted by Gasteiger charge is 2.36. The first kappa shape index (κ1) is 13.4. The van der Waals surface area contributed by atoms with Gasteiger partial charge >= 0.3 is 6.18 Å². The van der Waals surface area contributed by atoms with Crippen LogP contribution in [-0.4, -0.2) is 19.6 Å². The van der Waals surface area contributed by atoms with Gasteiger partial charge in [0.2, 0.25) is 0 Å². The minimum atomic E-state index is -4.44. The number of hydrogen-bond donors (Lipinski definition) is 1. The van der Waals surface area contributed by atoms with Gasteiger partial charge in [0.15, 0.2) is 5.69 Å². The van der Waals surface area contributed by atoms with E-state index in [0.29, 0.717) is 5.82 Å². The van der Waals surface area contributed by atoms with E-state index in [9.17, 15) is 13.2 Å². The Bertz CT molecular complexity index is 562. The van der Waals surface area contributed by atoms with E-state index in [4.69, 9.17) is 0 Å². The van der Waals surface area contributed by atoms with Crippen molar-refractivity contribution < 1.29 is 13.2 Å². The lowest BCUT2D eigenvalue weighted by molar-refractivity contribution is -0.142. The standard InChI is InChI=1S/C11H14F3N5/c1-7-4-16-19(3)10(7)15-5-8-6-18(2)17-9(8)11(12,13)14/h4,6,15H,5H2,1-3H3. The second-order valence-corrected chi connectivity index (χ2v) is 4.33. The number of halogens is 3. The SMILES string of the molecule is Cc1cnn(C)c1NCc1cn(C)nc1C(F)(F)F. The molecule has 0 saturated heterocycles. The second kappa shape index (κ2) is 4.60. The van der Waals surface area contributed by atoms with Crippen molar-refractivity contribution in [3.8, 4) is 0 Å². The van der Waals surface area contributed by atoms with Gasteiger partial charge in [-0.1, -0.05) is 0 Å². The zero-order valence-electron chi connectivity index (χ0n) is 10.8. The van der Waals surface area contributed by atoms with E-state index in [0.717, 1.165) is 10.2 Å². The maximum Gasteiger partial charge on any atom is 0.435 e. The van der Waals surface area contributed by atoms with Crippen LogP contribution in [-0.2, 0) is 26.8 Å². The highest BCUT2D eigenvalue weighted by atomic mass is 19.4. The van der Waals surface area contributed by atoms with Gasteiger partial charge in [-0.05, 0) is 6.92 Å². The summed E-state index contributed by atoms with van der Waals surface area (Å²) in [7, 11) is 3.19. The number of aromatic nitrogens is 4. The maximum absolute atomic E-state index is 12.8. The van der Waals surface area contributed by atoms with Crippen LogP contribution in [0.5, 0.6) is 0 Å². The number of nitrogens with one attached hydrogen (secondary N) is 1. The van der Waals surface area contributed by atoms with Crippen LogP contribution in [0, 0.1) is 6.92 Å². The Kier molecular flexibility index (Phi) is 3.25. The molecule has 0 radical (unpaired) electrons. The van der Waals surface area contributed by atoms with Crippen molar-refractivity contribution in [3.05, 3.63) is 29.2 Å². The predicted molar refractivity (Wildman–Crippen MR) is 63.5 cm³/mol. The molecule has 0 aliphatic heterocycles. The summed E-state index contributed by atoms with van der Waals surface area (Å²) in [5.74, 6) is 0.692. The first-order valence-electron chi connectivity index (χ1n) is 5.61. The number of anilines is 1. The van der Waals surface area contributed by atoms with Crippen LogP contribution in [0.1, 0.15) is 16.8 Å². The molecule has 0 amide bonds. The van der Waals surface area contributed by atoms with Crippen LogP contribution >= 0.6 is 0 Å². The van der Waals surface area contributed by atoms with Crippen molar-refractivity contribution in [2.75, 3.05) is 5.32 Å². The average Bonchev–Trinajstić information content (AvgIpc) is 2.80. The molecule has 0 aliphatic rings. The van der Waals surface area contributed by atoms with Gasteiger partial charge in [0.05, 0.1) is 6.20 Å². The van der Waals surface area contributed by atoms with Crippen LogP contribution in [0.15, 0.2) is 12.4 Å². The molecule has 0 atom stereocenters. The smallest absolute Gasteiger partial charge is 0.366 e. The lowest BCUT2D eigenvalue weighted by atomic mass is 10.2. The summed E-state index contributed by atoms with van der Waals surface area (Å²) >= 11 is 0. The van der Waals surface area contributed by atoms with E-state index in [1.54, 1.807) is 17.9 Å². The number of alkyl halides is 3. The normalized spacial score (nSPS) is 11.9. The lowest BCUT2D eigenvalue weighted by Crippen LogP contribution is -2.12. The van der Waals surface area contributed by atoms with Crippen molar-refractivity contribution in [2.24, 2.45) is 14.1 Å². The Morgan fingerprint density at radius 2 is 2.00 bits per heavy atom. The summed E-state index contributed by atoms with van der Waals surface area (Å²) in [6.07, 6.45) is -1.43. The monoisotopic (exact) mass is 273 g/mol. The summed E-state index contributed by atoms with van der Waals surface area (Å²) in [6, 6.07) is 0. The molecule has 0 fully saturated rings. The third-order valence-corrected chi connectivity index (χ3v) is 2.74. The molecule has 2 aromatic rings. The lowest BCUT2D eigenvalue weighted by Gasteiger charge is -2.09. The molecule has 0 aliphatic carbocycles. The van der Waals surface area contributed by atoms with E-state index in [2.05, 4.69) is 15.5 Å². The molecule has 1 N–H and O–H groups in total. The highest BCUT2D eigenvalue weighted by Crippen LogP contribution is 2.30. The molecule has 2 rings (SSSR count). The fraction of sp³-hybridized carbons (Fsp3) is 0.455. The van der Waals surface area contributed by atoms with Crippen molar-refractivity contribution in [1.29, 1.82) is 0 Å². The van der Waals surface area contributed by atoms with Gasteiger partial charge in [-0.25, -0.2) is 0 Å². The molecule has 8 heteroatoms. The summed E-state index contributed by atoms with van der Waals surface area (Å²) in [5.41, 5.74) is 0.123. The molecule has 19 heavy (non-hydrogen) atoms. The number of aryl methyl sites for hydroxylation is 3. The van der Waals surface area contributed by atoms with Gasteiger partial charge < -0.3 is 5.32 Å². The topological polar surface area (TPSA) is 47.7 Å². The van der Waals surface area contributed by atoms with Crippen molar-refractivity contribution in [2.45, 2.75) is 19.6 Å². The van der Waals surface area contributed by atoms with Crippen LogP contribution in [0.25, 0.3) is 0 Å². The molecule has 0 bridgehead atoms. The quantitative estimate of drug-likeness (QED) is 0.931. The zero-order chi connectivity index (χ0) is 14.2. The van der Waals surface area contributed by atoms with E-state index in [-0.39, 0.29) is 12.1 Å². The first-order chi connectivity index (χ1) is 8.79.